The Balaban J connectivity index is 1.48. The van der Waals surface area contributed by atoms with Gasteiger partial charge in [0.2, 0.25) is 10.0 Å². The molecule has 0 aliphatic carbocycles. The number of nitrogens with one attached hydrogen (secondary N) is 2. The van der Waals surface area contributed by atoms with Gasteiger partial charge in [0.25, 0.3) is 0 Å². The largest absolute Gasteiger partial charge is 0.492 e. The van der Waals surface area contributed by atoms with E-state index in [1.807, 2.05) is 44.2 Å². The molecule has 3 aromatic rings. The molecule has 4 rings (SSSR count). The first-order valence-electron chi connectivity index (χ1n) is 10.9. The highest BCUT2D eigenvalue weighted by atomic mass is 32.2. The van der Waals surface area contributed by atoms with E-state index in [4.69, 9.17) is 4.74 Å². The third-order valence-electron chi connectivity index (χ3n) is 5.54. The zero-order valence-corrected chi connectivity index (χ0v) is 19.5. The number of para-hydroxylation sites is 2. The summed E-state index contributed by atoms with van der Waals surface area (Å²) < 4.78 is 33.2. The fraction of sp³-hybridized carbons (Fsp3) is 0.240. The Labute approximate surface area is 194 Å². The van der Waals surface area contributed by atoms with E-state index in [1.165, 1.54) is 4.31 Å². The van der Waals surface area contributed by atoms with Crippen LogP contribution < -0.4 is 15.4 Å². The van der Waals surface area contributed by atoms with Crippen LogP contribution in [0, 0.1) is 6.92 Å². The number of carbonyl (C=O) groups is 1. The van der Waals surface area contributed by atoms with Gasteiger partial charge in [-0.25, -0.2) is 13.2 Å². The molecule has 2 N–H and O–H groups in total. The average Bonchev–Trinajstić information content (AvgIpc) is 2.80. The second-order valence-electron chi connectivity index (χ2n) is 7.89. The van der Waals surface area contributed by atoms with Crippen LogP contribution in [0.3, 0.4) is 0 Å². The van der Waals surface area contributed by atoms with Crippen molar-refractivity contribution in [1.82, 2.24) is 4.31 Å². The highest BCUT2D eigenvalue weighted by molar-refractivity contribution is 7.89. The molecule has 0 unspecified atom stereocenters. The van der Waals surface area contributed by atoms with Crippen LogP contribution in [0.25, 0.3) is 0 Å². The lowest BCUT2D eigenvalue weighted by Gasteiger charge is -2.28. The smallest absolute Gasteiger partial charge is 0.323 e. The molecule has 7 nitrogen and oxygen atoms in total. The maximum atomic E-state index is 13.1. The van der Waals surface area contributed by atoms with Crippen LogP contribution in [0.1, 0.15) is 23.6 Å². The SMILES string of the molecule is CCOc1ccccc1NC(=O)Nc1ccc2c(c1)CN(S(=O)(=O)c1ccc(C)cc1)CC2. The molecule has 0 aromatic heterocycles. The van der Waals surface area contributed by atoms with Crippen LogP contribution in [0.15, 0.2) is 71.6 Å². The minimum Gasteiger partial charge on any atom is -0.492 e. The quantitative estimate of drug-likeness (QED) is 0.548. The van der Waals surface area contributed by atoms with Crippen molar-refractivity contribution in [1.29, 1.82) is 0 Å². The monoisotopic (exact) mass is 465 g/mol. The van der Waals surface area contributed by atoms with Gasteiger partial charge >= 0.3 is 6.03 Å². The minimum absolute atomic E-state index is 0.260. The molecule has 8 heteroatoms. The zero-order chi connectivity index (χ0) is 23.4. The van der Waals surface area contributed by atoms with Crippen LogP contribution in [0.5, 0.6) is 5.75 Å². The Kier molecular flexibility index (Phi) is 6.67. The summed E-state index contributed by atoms with van der Waals surface area (Å²) >= 11 is 0. The van der Waals surface area contributed by atoms with Crippen LogP contribution in [0.2, 0.25) is 0 Å². The van der Waals surface area contributed by atoms with Crippen LogP contribution in [-0.2, 0) is 23.0 Å². The van der Waals surface area contributed by atoms with E-state index in [1.54, 1.807) is 36.4 Å². The van der Waals surface area contributed by atoms with Gasteiger partial charge in [0, 0.05) is 18.8 Å². The fourth-order valence-electron chi connectivity index (χ4n) is 3.81. The van der Waals surface area contributed by atoms with Gasteiger partial charge in [-0.3, -0.25) is 0 Å². The van der Waals surface area contributed by atoms with Crippen LogP contribution >= 0.6 is 0 Å². The number of rotatable bonds is 6. The summed E-state index contributed by atoms with van der Waals surface area (Å²) in [7, 11) is -3.59. The van der Waals surface area contributed by atoms with E-state index < -0.39 is 16.1 Å². The average molecular weight is 466 g/mol. The summed E-state index contributed by atoms with van der Waals surface area (Å²) in [5.41, 5.74) is 4.14. The number of sulfonamides is 1. The van der Waals surface area contributed by atoms with Gasteiger partial charge in [-0.1, -0.05) is 35.9 Å². The van der Waals surface area contributed by atoms with Gasteiger partial charge in [0.05, 0.1) is 17.2 Å². The molecule has 0 saturated heterocycles. The second-order valence-corrected chi connectivity index (χ2v) is 9.83. The molecule has 0 bridgehead atoms. The molecule has 2 amide bonds. The number of ether oxygens (including phenoxy) is 1. The number of nitrogens with zero attached hydrogens (tertiary/aromatic N) is 1. The van der Waals surface area contributed by atoms with E-state index in [-0.39, 0.29) is 11.4 Å². The molecule has 3 aromatic carbocycles. The lowest BCUT2D eigenvalue weighted by Crippen LogP contribution is -2.36. The Morgan fingerprint density at radius 3 is 2.52 bits per heavy atom. The Bertz CT molecular complexity index is 1260. The minimum atomic E-state index is -3.59. The molecule has 33 heavy (non-hydrogen) atoms. The van der Waals surface area contributed by atoms with Gasteiger partial charge in [-0.05, 0) is 67.8 Å². The Hall–Kier alpha value is -3.36. The zero-order valence-electron chi connectivity index (χ0n) is 18.7. The molecule has 0 fully saturated rings. The fourth-order valence-corrected chi connectivity index (χ4v) is 5.23. The van der Waals surface area contributed by atoms with Crippen molar-refractivity contribution in [3.05, 3.63) is 83.4 Å². The predicted octanol–water partition coefficient (Wildman–Crippen LogP) is 4.78. The maximum absolute atomic E-state index is 13.1. The highest BCUT2D eigenvalue weighted by Gasteiger charge is 2.28. The highest BCUT2D eigenvalue weighted by Crippen LogP contribution is 2.28. The number of urea groups is 1. The summed E-state index contributed by atoms with van der Waals surface area (Å²) in [5.74, 6) is 0.595. The molecular weight excluding hydrogens is 438 g/mol. The van der Waals surface area contributed by atoms with Gasteiger partial charge in [0.1, 0.15) is 5.75 Å². The second kappa shape index (κ2) is 9.64. The standard InChI is InChI=1S/C25H27N3O4S/c1-3-32-24-7-5-4-6-23(24)27-25(29)26-21-11-10-19-14-15-28(17-20(19)16-21)33(30,31)22-12-8-18(2)9-13-22/h4-13,16H,3,14-15,17H2,1-2H3,(H2,26,27,29). The molecule has 172 valence electrons. The maximum Gasteiger partial charge on any atom is 0.323 e. The van der Waals surface area contributed by atoms with Crippen molar-refractivity contribution in [3.63, 3.8) is 0 Å². The normalized spacial score (nSPS) is 13.8. The Morgan fingerprint density at radius 1 is 1.00 bits per heavy atom. The van der Waals surface area contributed by atoms with Gasteiger partial charge < -0.3 is 15.4 Å². The van der Waals surface area contributed by atoms with Crippen molar-refractivity contribution in [2.75, 3.05) is 23.8 Å². The van der Waals surface area contributed by atoms with Crippen molar-refractivity contribution < 1.29 is 17.9 Å². The molecular formula is C25H27N3O4S. The Morgan fingerprint density at radius 2 is 1.76 bits per heavy atom. The van der Waals surface area contributed by atoms with E-state index in [0.29, 0.717) is 36.7 Å². The molecule has 1 aliphatic heterocycles. The number of hydrogen-bond donors (Lipinski definition) is 2. The summed E-state index contributed by atoms with van der Waals surface area (Å²) in [6, 6.07) is 19.3. The summed E-state index contributed by atoms with van der Waals surface area (Å²) in [6.07, 6.45) is 0.620. The summed E-state index contributed by atoms with van der Waals surface area (Å²) in [5, 5.41) is 5.63. The van der Waals surface area contributed by atoms with Crippen molar-refractivity contribution in [2.45, 2.75) is 31.7 Å². The van der Waals surface area contributed by atoms with Crippen molar-refractivity contribution >= 4 is 27.4 Å². The van der Waals surface area contributed by atoms with Crippen LogP contribution in [-0.4, -0.2) is 31.9 Å². The van der Waals surface area contributed by atoms with E-state index in [2.05, 4.69) is 10.6 Å². The van der Waals surface area contributed by atoms with Gasteiger partial charge in [-0.2, -0.15) is 4.31 Å². The third-order valence-corrected chi connectivity index (χ3v) is 7.39. The molecule has 0 saturated carbocycles. The van der Waals surface area contributed by atoms with E-state index >= 15 is 0 Å². The topological polar surface area (TPSA) is 87.7 Å². The first kappa shape index (κ1) is 22.8. The van der Waals surface area contributed by atoms with Gasteiger partial charge in [0.15, 0.2) is 0 Å². The van der Waals surface area contributed by atoms with E-state index in [0.717, 1.165) is 16.7 Å². The number of carbonyl (C=O) groups excluding carboxylic acids is 1. The first-order chi connectivity index (χ1) is 15.9. The number of aryl methyl sites for hydroxylation is 1. The summed E-state index contributed by atoms with van der Waals surface area (Å²) in [6.45, 7) is 4.98. The lowest BCUT2D eigenvalue weighted by molar-refractivity contribution is 0.262. The van der Waals surface area contributed by atoms with Crippen LogP contribution in [0.4, 0.5) is 16.2 Å². The first-order valence-corrected chi connectivity index (χ1v) is 12.3. The predicted molar refractivity (Wildman–Crippen MR) is 129 cm³/mol. The molecule has 0 radical (unpaired) electrons. The van der Waals surface area contributed by atoms with Crippen molar-refractivity contribution in [3.8, 4) is 5.75 Å². The third kappa shape index (κ3) is 5.18. The number of hydrogen-bond acceptors (Lipinski definition) is 4. The molecule has 0 atom stereocenters. The number of anilines is 2. The summed E-state index contributed by atoms with van der Waals surface area (Å²) in [4.78, 5) is 12.8. The number of amides is 2. The number of fused-ring (bicyclic) bond motifs is 1. The van der Waals surface area contributed by atoms with Crippen molar-refractivity contribution in [2.24, 2.45) is 0 Å². The molecule has 1 aliphatic rings. The van der Waals surface area contributed by atoms with Gasteiger partial charge in [-0.15, -0.1) is 0 Å². The molecule has 1 heterocycles. The molecule has 0 spiro atoms. The van der Waals surface area contributed by atoms with E-state index in [9.17, 15) is 13.2 Å². The number of benzene rings is 3. The lowest BCUT2D eigenvalue weighted by atomic mass is 10.0.